The molecule has 13 heavy (non-hydrogen) atoms. The monoisotopic (exact) mass is 183 g/mol. The maximum atomic E-state index is 10.6. The molecule has 70 valence electrons. The van der Waals surface area contributed by atoms with E-state index in [2.05, 4.69) is 0 Å². The lowest BCUT2D eigenvalue weighted by molar-refractivity contribution is -0.428. The van der Waals surface area contributed by atoms with Gasteiger partial charge in [0.05, 0.1) is 10.5 Å². The summed E-state index contributed by atoms with van der Waals surface area (Å²) in [5.41, 5.74) is 0.721. The van der Waals surface area contributed by atoms with Crippen molar-refractivity contribution in [2.45, 2.75) is 19.8 Å². The predicted molar refractivity (Wildman–Crippen MR) is 44.6 cm³/mol. The summed E-state index contributed by atoms with van der Waals surface area (Å²) in [5.74, 6) is -1.10. The standard InChI is InChI=1S/C8H9NO4/c1-5-2-3-6(9(12)13)4-7(5)8(10)11/h4H,2-3H2,1H3,(H,10,11). The molecule has 1 aliphatic rings. The highest BCUT2D eigenvalue weighted by molar-refractivity contribution is 5.91. The van der Waals surface area contributed by atoms with Gasteiger partial charge in [-0.1, -0.05) is 5.57 Å². The fourth-order valence-corrected chi connectivity index (χ4v) is 1.20. The zero-order chi connectivity index (χ0) is 10.0. The maximum absolute atomic E-state index is 10.6. The summed E-state index contributed by atoms with van der Waals surface area (Å²) in [6, 6.07) is 0. The van der Waals surface area contributed by atoms with Crippen LogP contribution in [0.25, 0.3) is 0 Å². The van der Waals surface area contributed by atoms with Crippen LogP contribution in [0.3, 0.4) is 0 Å². The summed E-state index contributed by atoms with van der Waals surface area (Å²) >= 11 is 0. The molecule has 0 spiro atoms. The van der Waals surface area contributed by atoms with Gasteiger partial charge in [0.15, 0.2) is 0 Å². The third-order valence-electron chi connectivity index (χ3n) is 1.99. The number of rotatable bonds is 2. The summed E-state index contributed by atoms with van der Waals surface area (Å²) in [4.78, 5) is 20.4. The van der Waals surface area contributed by atoms with Crippen LogP contribution in [-0.4, -0.2) is 16.0 Å². The average Bonchev–Trinajstić information content (AvgIpc) is 2.04. The van der Waals surface area contributed by atoms with Crippen LogP contribution in [0.4, 0.5) is 0 Å². The molecule has 0 heterocycles. The molecule has 0 fully saturated rings. The lowest BCUT2D eigenvalue weighted by atomic mass is 9.97. The summed E-state index contributed by atoms with van der Waals surface area (Å²) < 4.78 is 0. The van der Waals surface area contributed by atoms with Gasteiger partial charge in [0.25, 0.3) is 0 Å². The maximum Gasteiger partial charge on any atom is 0.335 e. The first kappa shape index (κ1) is 9.44. The summed E-state index contributed by atoms with van der Waals surface area (Å²) in [5, 5.41) is 19.0. The molecule has 0 unspecified atom stereocenters. The van der Waals surface area contributed by atoms with Gasteiger partial charge < -0.3 is 5.11 Å². The van der Waals surface area contributed by atoms with E-state index in [0.29, 0.717) is 18.4 Å². The molecule has 0 aliphatic heterocycles. The SMILES string of the molecule is CC1=C(C(=O)O)C=C([N+](=O)[O-])CC1. The minimum atomic E-state index is -1.10. The van der Waals surface area contributed by atoms with E-state index in [1.54, 1.807) is 6.92 Å². The normalized spacial score (nSPS) is 16.8. The molecule has 0 aromatic carbocycles. The molecule has 5 nitrogen and oxygen atoms in total. The van der Waals surface area contributed by atoms with E-state index in [1.165, 1.54) is 0 Å². The van der Waals surface area contributed by atoms with Crippen molar-refractivity contribution in [3.05, 3.63) is 33.0 Å². The average molecular weight is 183 g/mol. The van der Waals surface area contributed by atoms with Crippen LogP contribution in [0.5, 0.6) is 0 Å². The van der Waals surface area contributed by atoms with E-state index in [0.717, 1.165) is 6.08 Å². The Morgan fingerprint density at radius 1 is 1.62 bits per heavy atom. The van der Waals surface area contributed by atoms with Crippen LogP contribution in [0.1, 0.15) is 19.8 Å². The number of carbonyl (C=O) groups is 1. The number of hydrogen-bond acceptors (Lipinski definition) is 3. The van der Waals surface area contributed by atoms with E-state index in [9.17, 15) is 14.9 Å². The van der Waals surface area contributed by atoms with Crippen molar-refractivity contribution in [1.29, 1.82) is 0 Å². The molecule has 0 aromatic rings. The van der Waals surface area contributed by atoms with Gasteiger partial charge in [-0.05, 0) is 13.3 Å². The van der Waals surface area contributed by atoms with Gasteiger partial charge in [-0.3, -0.25) is 10.1 Å². The molecule has 0 saturated carbocycles. The van der Waals surface area contributed by atoms with Crippen molar-refractivity contribution in [2.75, 3.05) is 0 Å². The van der Waals surface area contributed by atoms with Crippen LogP contribution < -0.4 is 0 Å². The van der Waals surface area contributed by atoms with Crippen molar-refractivity contribution < 1.29 is 14.8 Å². The van der Waals surface area contributed by atoms with Crippen molar-refractivity contribution in [1.82, 2.24) is 0 Å². The molecule has 0 atom stereocenters. The Bertz CT molecular complexity index is 327. The van der Waals surface area contributed by atoms with Crippen LogP contribution in [0, 0.1) is 10.1 Å². The van der Waals surface area contributed by atoms with Crippen LogP contribution >= 0.6 is 0 Å². The molecular weight excluding hydrogens is 174 g/mol. The zero-order valence-corrected chi connectivity index (χ0v) is 7.11. The number of carboxylic acids is 1. The first-order chi connectivity index (χ1) is 6.02. The number of allylic oxidation sites excluding steroid dienone is 2. The molecule has 5 heteroatoms. The molecule has 0 amide bonds. The van der Waals surface area contributed by atoms with Crippen LogP contribution in [0.2, 0.25) is 0 Å². The number of hydrogen-bond donors (Lipinski definition) is 1. The number of carboxylic acid groups (broad SMARTS) is 1. The smallest absolute Gasteiger partial charge is 0.335 e. The van der Waals surface area contributed by atoms with E-state index in [1.807, 2.05) is 0 Å². The van der Waals surface area contributed by atoms with Gasteiger partial charge in [-0.25, -0.2) is 4.79 Å². The minimum Gasteiger partial charge on any atom is -0.478 e. The number of nitro groups is 1. The summed E-state index contributed by atoms with van der Waals surface area (Å²) in [6.07, 6.45) is 1.91. The highest BCUT2D eigenvalue weighted by Gasteiger charge is 2.21. The Kier molecular flexibility index (Phi) is 2.46. The fraction of sp³-hybridized carbons (Fsp3) is 0.375. The minimum absolute atomic E-state index is 0.0250. The summed E-state index contributed by atoms with van der Waals surface area (Å²) in [7, 11) is 0. The third kappa shape index (κ3) is 1.93. The second-order valence-corrected chi connectivity index (χ2v) is 2.89. The molecule has 0 aromatic heterocycles. The van der Waals surface area contributed by atoms with E-state index < -0.39 is 10.9 Å². The predicted octanol–water partition coefficient (Wildman–Crippen LogP) is 1.34. The molecular formula is C8H9NO4. The lowest BCUT2D eigenvalue weighted by Gasteiger charge is -2.09. The van der Waals surface area contributed by atoms with Gasteiger partial charge in [-0.2, -0.15) is 0 Å². The molecule has 1 rings (SSSR count). The largest absolute Gasteiger partial charge is 0.478 e. The second kappa shape index (κ2) is 3.38. The highest BCUT2D eigenvalue weighted by atomic mass is 16.6. The Hall–Kier alpha value is -1.65. The van der Waals surface area contributed by atoms with Crippen molar-refractivity contribution >= 4 is 5.97 Å². The molecule has 0 radical (unpaired) electrons. The lowest BCUT2D eigenvalue weighted by Crippen LogP contribution is -2.10. The van der Waals surface area contributed by atoms with E-state index in [4.69, 9.17) is 5.11 Å². The fourth-order valence-electron chi connectivity index (χ4n) is 1.20. The first-order valence-electron chi connectivity index (χ1n) is 3.80. The van der Waals surface area contributed by atoms with Crippen LogP contribution in [0.15, 0.2) is 22.9 Å². The number of aliphatic carboxylic acids is 1. The van der Waals surface area contributed by atoms with E-state index >= 15 is 0 Å². The van der Waals surface area contributed by atoms with Crippen molar-refractivity contribution in [3.63, 3.8) is 0 Å². The van der Waals surface area contributed by atoms with Crippen LogP contribution in [-0.2, 0) is 4.79 Å². The van der Waals surface area contributed by atoms with E-state index in [-0.39, 0.29) is 11.3 Å². The third-order valence-corrected chi connectivity index (χ3v) is 1.99. The quantitative estimate of drug-likeness (QED) is 0.517. The first-order valence-corrected chi connectivity index (χ1v) is 3.80. The van der Waals surface area contributed by atoms with Gasteiger partial charge in [0.2, 0.25) is 5.70 Å². The Morgan fingerprint density at radius 2 is 2.23 bits per heavy atom. The molecule has 0 saturated heterocycles. The molecule has 1 N–H and O–H groups in total. The van der Waals surface area contributed by atoms with Gasteiger partial charge in [0.1, 0.15) is 0 Å². The zero-order valence-electron chi connectivity index (χ0n) is 7.11. The topological polar surface area (TPSA) is 80.4 Å². The van der Waals surface area contributed by atoms with Gasteiger partial charge in [0, 0.05) is 12.5 Å². The van der Waals surface area contributed by atoms with Gasteiger partial charge in [-0.15, -0.1) is 0 Å². The Labute approximate surface area is 74.5 Å². The van der Waals surface area contributed by atoms with Crippen molar-refractivity contribution in [2.24, 2.45) is 0 Å². The Balaban J connectivity index is 3.05. The molecule has 1 aliphatic carbocycles. The summed E-state index contributed by atoms with van der Waals surface area (Å²) in [6.45, 7) is 1.68. The number of nitrogens with zero attached hydrogens (tertiary/aromatic N) is 1. The Morgan fingerprint density at radius 3 is 2.69 bits per heavy atom. The molecule has 0 bridgehead atoms. The van der Waals surface area contributed by atoms with Gasteiger partial charge >= 0.3 is 5.97 Å². The second-order valence-electron chi connectivity index (χ2n) is 2.89. The highest BCUT2D eigenvalue weighted by Crippen LogP contribution is 2.23. The van der Waals surface area contributed by atoms with Crippen molar-refractivity contribution in [3.8, 4) is 0 Å².